The molecule has 5 nitrogen and oxygen atoms in total. The number of carbonyl (C=O) groups excluding carboxylic acids is 1. The minimum atomic E-state index is -0.248. The second-order valence-corrected chi connectivity index (χ2v) is 5.61. The first-order valence-corrected chi connectivity index (χ1v) is 7.69. The number of fused-ring (bicyclic) bond motifs is 1. The second kappa shape index (κ2) is 6.62. The molecule has 4 N–H and O–H groups in total. The summed E-state index contributed by atoms with van der Waals surface area (Å²) >= 11 is 0. The molecule has 0 aliphatic heterocycles. The van der Waals surface area contributed by atoms with E-state index in [1.807, 2.05) is 55.5 Å². The van der Waals surface area contributed by atoms with Crippen molar-refractivity contribution in [2.45, 2.75) is 19.3 Å². The molecule has 0 bridgehead atoms. The molecule has 0 fully saturated rings. The summed E-state index contributed by atoms with van der Waals surface area (Å²) in [6.07, 6.45) is 0.614. The molecule has 23 heavy (non-hydrogen) atoms. The first-order chi connectivity index (χ1) is 11.2. The molecule has 5 heteroatoms. The number of anilines is 1. The number of amides is 1. The summed E-state index contributed by atoms with van der Waals surface area (Å²) in [7, 11) is 0. The molecule has 1 amide bonds. The van der Waals surface area contributed by atoms with Gasteiger partial charge in [0.05, 0.1) is 11.4 Å². The Labute approximate surface area is 134 Å². The Morgan fingerprint density at radius 1 is 1.26 bits per heavy atom. The molecular formula is C18H20N4O. The Morgan fingerprint density at radius 2 is 2.04 bits per heavy atom. The van der Waals surface area contributed by atoms with E-state index in [4.69, 9.17) is 5.73 Å². The van der Waals surface area contributed by atoms with Gasteiger partial charge in [0.2, 0.25) is 5.91 Å². The Hall–Kier alpha value is -2.66. The molecule has 2 aromatic carbocycles. The van der Waals surface area contributed by atoms with Crippen LogP contribution in [0.3, 0.4) is 0 Å². The molecule has 0 aliphatic rings. The topological polar surface area (TPSA) is 83.8 Å². The predicted octanol–water partition coefficient (Wildman–Crippen LogP) is 2.94. The fourth-order valence-electron chi connectivity index (χ4n) is 2.75. The molecule has 0 saturated carbocycles. The van der Waals surface area contributed by atoms with E-state index in [9.17, 15) is 4.79 Å². The number of carbonyl (C=O) groups is 1. The smallest absolute Gasteiger partial charge is 0.231 e. The summed E-state index contributed by atoms with van der Waals surface area (Å²) in [6, 6.07) is 15.4. The van der Waals surface area contributed by atoms with Gasteiger partial charge in [-0.25, -0.2) is 0 Å². The van der Waals surface area contributed by atoms with Gasteiger partial charge in [-0.3, -0.25) is 9.89 Å². The summed E-state index contributed by atoms with van der Waals surface area (Å²) in [5, 5.41) is 11.2. The van der Waals surface area contributed by atoms with Crippen LogP contribution < -0.4 is 11.1 Å². The van der Waals surface area contributed by atoms with E-state index in [0.29, 0.717) is 13.0 Å². The van der Waals surface area contributed by atoms with Crippen molar-refractivity contribution in [3.05, 3.63) is 59.8 Å². The number of rotatable bonds is 5. The summed E-state index contributed by atoms with van der Waals surface area (Å²) in [4.78, 5) is 12.7. The maximum Gasteiger partial charge on any atom is 0.231 e. The number of hydrogen-bond donors (Lipinski definition) is 3. The summed E-state index contributed by atoms with van der Waals surface area (Å²) < 4.78 is 0. The summed E-state index contributed by atoms with van der Waals surface area (Å²) in [5.74, 6) is -0.288. The van der Waals surface area contributed by atoms with Gasteiger partial charge in [-0.05, 0) is 43.7 Å². The Kier molecular flexibility index (Phi) is 4.39. The maximum atomic E-state index is 12.7. The van der Waals surface area contributed by atoms with Crippen molar-refractivity contribution in [2.75, 3.05) is 11.9 Å². The van der Waals surface area contributed by atoms with Gasteiger partial charge in [-0.2, -0.15) is 5.10 Å². The van der Waals surface area contributed by atoms with E-state index < -0.39 is 0 Å². The number of nitrogens with two attached hydrogens (primary N) is 1. The van der Waals surface area contributed by atoms with Gasteiger partial charge in [-0.15, -0.1) is 0 Å². The molecule has 3 aromatic rings. The highest BCUT2D eigenvalue weighted by molar-refractivity contribution is 5.97. The zero-order valence-corrected chi connectivity index (χ0v) is 13.0. The van der Waals surface area contributed by atoms with E-state index in [-0.39, 0.29) is 11.8 Å². The summed E-state index contributed by atoms with van der Waals surface area (Å²) in [6.45, 7) is 2.43. The van der Waals surface area contributed by atoms with Gasteiger partial charge in [-0.1, -0.05) is 30.3 Å². The number of aromatic nitrogens is 2. The number of H-pyrrole nitrogens is 1. The van der Waals surface area contributed by atoms with Crippen LogP contribution >= 0.6 is 0 Å². The molecule has 118 valence electrons. The molecule has 1 atom stereocenters. The van der Waals surface area contributed by atoms with E-state index in [1.54, 1.807) is 0 Å². The largest absolute Gasteiger partial charge is 0.330 e. The highest BCUT2D eigenvalue weighted by Gasteiger charge is 2.20. The molecule has 0 unspecified atom stereocenters. The second-order valence-electron chi connectivity index (χ2n) is 5.61. The van der Waals surface area contributed by atoms with Crippen molar-refractivity contribution in [3.8, 4) is 0 Å². The number of benzene rings is 2. The van der Waals surface area contributed by atoms with E-state index in [2.05, 4.69) is 15.5 Å². The van der Waals surface area contributed by atoms with Gasteiger partial charge in [0.1, 0.15) is 0 Å². The van der Waals surface area contributed by atoms with Crippen LogP contribution in [0.2, 0.25) is 0 Å². The van der Waals surface area contributed by atoms with Gasteiger partial charge in [0.25, 0.3) is 0 Å². The quantitative estimate of drug-likeness (QED) is 0.677. The number of hydrogen-bond acceptors (Lipinski definition) is 3. The zero-order valence-electron chi connectivity index (χ0n) is 13.0. The van der Waals surface area contributed by atoms with Gasteiger partial charge in [0, 0.05) is 16.8 Å². The SMILES string of the molecule is Cc1[nH]nc2ccc(NC(=O)[C@H](CCN)c3ccccc3)cc12. The number of nitrogens with zero attached hydrogens (tertiary/aromatic N) is 1. The Bertz CT molecular complexity index is 810. The third-order valence-electron chi connectivity index (χ3n) is 3.99. The lowest BCUT2D eigenvalue weighted by Gasteiger charge is -2.16. The highest BCUT2D eigenvalue weighted by Crippen LogP contribution is 2.24. The molecule has 0 spiro atoms. The van der Waals surface area contributed by atoms with Crippen molar-refractivity contribution in [1.82, 2.24) is 10.2 Å². The lowest BCUT2D eigenvalue weighted by molar-refractivity contribution is -0.117. The Morgan fingerprint density at radius 3 is 2.78 bits per heavy atom. The fourth-order valence-corrected chi connectivity index (χ4v) is 2.75. The van der Waals surface area contributed by atoms with Crippen LogP contribution in [0.4, 0.5) is 5.69 Å². The lowest BCUT2D eigenvalue weighted by Crippen LogP contribution is -2.23. The van der Waals surface area contributed by atoms with Gasteiger partial charge >= 0.3 is 0 Å². The zero-order chi connectivity index (χ0) is 16.2. The van der Waals surface area contributed by atoms with Gasteiger partial charge in [0.15, 0.2) is 0 Å². The van der Waals surface area contributed by atoms with Crippen molar-refractivity contribution in [2.24, 2.45) is 5.73 Å². The molecule has 0 saturated heterocycles. The van der Waals surface area contributed by atoms with Crippen LogP contribution in [0.1, 0.15) is 23.6 Å². The molecule has 3 rings (SSSR count). The number of aromatic amines is 1. The van der Waals surface area contributed by atoms with Crippen LogP contribution in [0.25, 0.3) is 10.9 Å². The minimum Gasteiger partial charge on any atom is -0.330 e. The van der Waals surface area contributed by atoms with Crippen molar-refractivity contribution >= 4 is 22.5 Å². The average Bonchev–Trinajstić information content (AvgIpc) is 2.94. The Balaban J connectivity index is 1.84. The fraction of sp³-hybridized carbons (Fsp3) is 0.222. The molecule has 1 heterocycles. The highest BCUT2D eigenvalue weighted by atomic mass is 16.1. The summed E-state index contributed by atoms with van der Waals surface area (Å²) in [5.41, 5.74) is 9.31. The van der Waals surface area contributed by atoms with Crippen LogP contribution in [0, 0.1) is 6.92 Å². The third-order valence-corrected chi connectivity index (χ3v) is 3.99. The third kappa shape index (κ3) is 3.24. The van der Waals surface area contributed by atoms with Crippen LogP contribution in [-0.4, -0.2) is 22.6 Å². The van der Waals surface area contributed by atoms with Crippen molar-refractivity contribution < 1.29 is 4.79 Å². The van der Waals surface area contributed by atoms with Crippen LogP contribution in [0.15, 0.2) is 48.5 Å². The predicted molar refractivity (Wildman–Crippen MR) is 92.3 cm³/mol. The van der Waals surface area contributed by atoms with E-state index in [0.717, 1.165) is 27.8 Å². The molecular weight excluding hydrogens is 288 g/mol. The first-order valence-electron chi connectivity index (χ1n) is 7.69. The normalized spacial score (nSPS) is 12.3. The van der Waals surface area contributed by atoms with Gasteiger partial charge < -0.3 is 11.1 Å². The standard InChI is InChI=1S/C18H20N4O/c1-12-16-11-14(7-8-17(16)22-21-12)20-18(23)15(9-10-19)13-5-3-2-4-6-13/h2-8,11,15H,9-10,19H2,1H3,(H,20,23)(H,21,22)/t15-/m1/s1. The van der Waals surface area contributed by atoms with Crippen molar-refractivity contribution in [3.63, 3.8) is 0 Å². The lowest BCUT2D eigenvalue weighted by atomic mass is 9.94. The average molecular weight is 308 g/mol. The van der Waals surface area contributed by atoms with Crippen molar-refractivity contribution in [1.29, 1.82) is 0 Å². The molecule has 1 aromatic heterocycles. The maximum absolute atomic E-state index is 12.7. The minimum absolute atomic E-state index is 0.0397. The van der Waals surface area contributed by atoms with E-state index in [1.165, 1.54) is 0 Å². The number of aryl methyl sites for hydroxylation is 1. The number of nitrogens with one attached hydrogen (secondary N) is 2. The van der Waals surface area contributed by atoms with Crippen LogP contribution in [-0.2, 0) is 4.79 Å². The first kappa shape index (κ1) is 15.2. The molecule has 0 aliphatic carbocycles. The molecule has 0 radical (unpaired) electrons. The van der Waals surface area contributed by atoms with Crippen LogP contribution in [0.5, 0.6) is 0 Å². The van der Waals surface area contributed by atoms with E-state index >= 15 is 0 Å². The monoisotopic (exact) mass is 308 g/mol.